The summed E-state index contributed by atoms with van der Waals surface area (Å²) in [6.07, 6.45) is 0. The van der Waals surface area contributed by atoms with Gasteiger partial charge in [-0.1, -0.05) is 0 Å². The van der Waals surface area contributed by atoms with Gasteiger partial charge in [-0.25, -0.2) is 0 Å². The van der Waals surface area contributed by atoms with E-state index in [9.17, 15) is 0 Å². The molecule has 0 aliphatic heterocycles. The van der Waals surface area contributed by atoms with Crippen LogP contribution in [0.1, 0.15) is 0 Å². The van der Waals surface area contributed by atoms with E-state index in [2.05, 4.69) is 0 Å². The molecule has 0 aromatic carbocycles. The maximum Gasteiger partial charge on any atom is 0.291 e. The molecular formula is H3ClN2O6Zn. The van der Waals surface area contributed by atoms with Crippen LogP contribution in [-0.2, 0) is 19.5 Å². The van der Waals surface area contributed by atoms with Crippen molar-refractivity contribution in [3.8, 4) is 0 Å². The zero-order valence-corrected chi connectivity index (χ0v) is 8.32. The first-order valence-corrected chi connectivity index (χ1v) is 1.13. The zero-order valence-electron chi connectivity index (χ0n) is 4.54. The second-order valence-corrected chi connectivity index (χ2v) is 0.476. The Balaban J connectivity index is -0.0000000300. The molecule has 0 aromatic rings. The van der Waals surface area contributed by atoms with Gasteiger partial charge in [-0.3, -0.25) is 0 Å². The fourth-order valence-electron chi connectivity index (χ4n) is 0. The first kappa shape index (κ1) is 22.8. The van der Waals surface area contributed by atoms with Gasteiger partial charge in [0.05, 0.1) is 0 Å². The molecular weight excluding hydrogens is 225 g/mol. The number of hydrogen-bond donors (Lipinski definition) is 2. The van der Waals surface area contributed by atoms with E-state index in [1.807, 2.05) is 0 Å². The monoisotopic (exact) mass is 226 g/mol. The fraction of sp³-hybridized carbons (Fsp3) is 0. The summed E-state index contributed by atoms with van der Waals surface area (Å²) in [6, 6.07) is 0. The second kappa shape index (κ2) is 15.7. The zero-order chi connectivity index (χ0) is 7.15. The summed E-state index contributed by atoms with van der Waals surface area (Å²) in [5.41, 5.74) is 0. The predicted octanol–water partition coefficient (Wildman–Crippen LogP) is -0.276. The molecule has 8 nitrogen and oxygen atoms in total. The topological polar surface area (TPSA) is 127 Å². The minimum atomic E-state index is -1.50. The first-order valence-electron chi connectivity index (χ1n) is 1.13. The number of halogens is 1. The molecule has 0 bridgehead atoms. The van der Waals surface area contributed by atoms with Crippen LogP contribution < -0.4 is 0 Å². The molecule has 2 N–H and O–H groups in total. The summed E-state index contributed by atoms with van der Waals surface area (Å²) in [6.45, 7) is 0. The van der Waals surface area contributed by atoms with Crippen molar-refractivity contribution in [2.45, 2.75) is 0 Å². The van der Waals surface area contributed by atoms with Crippen LogP contribution in [0, 0.1) is 20.2 Å². The van der Waals surface area contributed by atoms with Crippen molar-refractivity contribution in [2.75, 3.05) is 0 Å². The number of nitrogens with zero attached hydrogens (tertiary/aromatic N) is 2. The van der Waals surface area contributed by atoms with Crippen molar-refractivity contribution in [1.29, 1.82) is 0 Å². The molecule has 0 rings (SSSR count). The van der Waals surface area contributed by atoms with Crippen LogP contribution in [0.15, 0.2) is 0 Å². The molecule has 0 saturated heterocycles. The molecule has 10 heteroatoms. The first-order chi connectivity index (χ1) is 3.46. The van der Waals surface area contributed by atoms with Crippen LogP contribution in [0.5, 0.6) is 0 Å². The fourth-order valence-corrected chi connectivity index (χ4v) is 0. The van der Waals surface area contributed by atoms with E-state index in [1.165, 1.54) is 0 Å². The molecule has 0 radical (unpaired) electrons. The van der Waals surface area contributed by atoms with Gasteiger partial charge in [0.1, 0.15) is 0 Å². The van der Waals surface area contributed by atoms with Crippen LogP contribution in [0.25, 0.3) is 0 Å². The number of rotatable bonds is 0. The van der Waals surface area contributed by atoms with Crippen molar-refractivity contribution < 1.29 is 40.1 Å². The minimum Gasteiger partial charge on any atom is -0.328 e. The summed E-state index contributed by atoms with van der Waals surface area (Å²) in [7, 11) is 0. The molecule has 0 saturated carbocycles. The van der Waals surface area contributed by atoms with Crippen LogP contribution >= 0.6 is 12.4 Å². The van der Waals surface area contributed by atoms with Crippen molar-refractivity contribution in [2.24, 2.45) is 0 Å². The average Bonchev–Trinajstić information content (AvgIpc) is 1.25. The molecule has 58 valence electrons. The maximum absolute atomic E-state index is 8.36. The van der Waals surface area contributed by atoms with Crippen molar-refractivity contribution >= 4 is 12.4 Å². The Hall–Kier alpha value is -0.687. The van der Waals surface area contributed by atoms with E-state index >= 15 is 0 Å². The van der Waals surface area contributed by atoms with E-state index in [-0.39, 0.29) is 31.9 Å². The Morgan fingerprint density at radius 1 is 1.00 bits per heavy atom. The third kappa shape index (κ3) is 618. The van der Waals surface area contributed by atoms with Crippen molar-refractivity contribution in [3.63, 3.8) is 0 Å². The minimum absolute atomic E-state index is 0. The Bertz CT molecular complexity index is 73.7. The average molecular weight is 228 g/mol. The van der Waals surface area contributed by atoms with Gasteiger partial charge in [0.15, 0.2) is 0 Å². The smallest absolute Gasteiger partial charge is 0.291 e. The van der Waals surface area contributed by atoms with Gasteiger partial charge < -0.3 is 10.4 Å². The second-order valence-electron chi connectivity index (χ2n) is 0.476. The van der Waals surface area contributed by atoms with Crippen LogP contribution in [0.4, 0.5) is 0 Å². The van der Waals surface area contributed by atoms with E-state index in [1.54, 1.807) is 0 Å². The maximum atomic E-state index is 8.36. The third-order valence-electron chi connectivity index (χ3n) is 0. The largest absolute Gasteiger partial charge is 0.328 e. The SMILES string of the molecule is Cl.O=[N+]([O-])O.O=[N+]([O-])O.[Zn]. The molecule has 0 amide bonds. The van der Waals surface area contributed by atoms with Crippen molar-refractivity contribution in [3.05, 3.63) is 20.2 Å². The van der Waals surface area contributed by atoms with E-state index < -0.39 is 10.2 Å². The molecule has 10 heavy (non-hydrogen) atoms. The molecule has 0 spiro atoms. The molecule has 0 aromatic heterocycles. The standard InChI is InChI=1S/ClH.2HNO3.Zn/c;2*2-1(3)4;/h1H;2*(H,2,3,4);. The van der Waals surface area contributed by atoms with Crippen molar-refractivity contribution in [1.82, 2.24) is 0 Å². The molecule has 0 aliphatic rings. The van der Waals surface area contributed by atoms with Crippen LogP contribution in [0.2, 0.25) is 0 Å². The van der Waals surface area contributed by atoms with Gasteiger partial charge in [0.25, 0.3) is 10.2 Å². The summed E-state index contributed by atoms with van der Waals surface area (Å²) >= 11 is 0. The van der Waals surface area contributed by atoms with E-state index in [0.29, 0.717) is 0 Å². The Morgan fingerprint density at radius 2 is 1.00 bits per heavy atom. The quantitative estimate of drug-likeness (QED) is 0.333. The van der Waals surface area contributed by atoms with Gasteiger partial charge in [-0.2, -0.15) is 0 Å². The summed E-state index contributed by atoms with van der Waals surface area (Å²) in [5.74, 6) is 0. The Morgan fingerprint density at radius 3 is 1.00 bits per heavy atom. The molecule has 0 heterocycles. The van der Waals surface area contributed by atoms with Gasteiger partial charge in [-0.05, 0) is 0 Å². The predicted molar refractivity (Wildman–Crippen MR) is 24.8 cm³/mol. The van der Waals surface area contributed by atoms with Crippen LogP contribution in [-0.4, -0.2) is 20.6 Å². The normalized spacial score (nSPS) is 4.80. The van der Waals surface area contributed by atoms with Gasteiger partial charge in [-0.15, -0.1) is 32.6 Å². The summed E-state index contributed by atoms with van der Waals surface area (Å²) in [5, 5.41) is 27.3. The Kier molecular flexibility index (Phi) is 35.9. The summed E-state index contributed by atoms with van der Waals surface area (Å²) in [4.78, 5) is 16.7. The Labute approximate surface area is 73.2 Å². The molecule has 0 fully saturated rings. The number of hydrogen-bond acceptors (Lipinski definition) is 4. The third-order valence-corrected chi connectivity index (χ3v) is 0. The van der Waals surface area contributed by atoms with E-state index in [4.69, 9.17) is 30.6 Å². The van der Waals surface area contributed by atoms with E-state index in [0.717, 1.165) is 0 Å². The molecule has 0 atom stereocenters. The molecule has 0 aliphatic carbocycles. The molecule has 0 unspecified atom stereocenters. The van der Waals surface area contributed by atoms with Gasteiger partial charge >= 0.3 is 0 Å². The summed E-state index contributed by atoms with van der Waals surface area (Å²) < 4.78 is 0. The van der Waals surface area contributed by atoms with Crippen LogP contribution in [0.3, 0.4) is 0 Å². The van der Waals surface area contributed by atoms with Gasteiger partial charge in [0, 0.05) is 19.5 Å². The van der Waals surface area contributed by atoms with Gasteiger partial charge in [0.2, 0.25) is 0 Å².